The smallest absolute Gasteiger partial charge is 0.211 e. The van der Waals surface area contributed by atoms with Crippen LogP contribution in [0.25, 0.3) is 0 Å². The molecule has 1 aromatic carbocycles. The van der Waals surface area contributed by atoms with E-state index >= 15 is 0 Å². The van der Waals surface area contributed by atoms with Gasteiger partial charge in [-0.3, -0.25) is 0 Å². The predicted molar refractivity (Wildman–Crippen MR) is 47.7 cm³/mol. The van der Waals surface area contributed by atoms with Crippen LogP contribution in [0.4, 0.5) is 4.39 Å². The topological polar surface area (TPSA) is 29.4 Å². The van der Waals surface area contributed by atoms with E-state index in [0.717, 1.165) is 5.56 Å². The molecule has 0 amide bonds. The van der Waals surface area contributed by atoms with E-state index in [9.17, 15) is 9.18 Å². The molecular formula is C10H10FNO. The van der Waals surface area contributed by atoms with Gasteiger partial charge in [-0.2, -0.15) is 4.99 Å². The van der Waals surface area contributed by atoms with Gasteiger partial charge >= 0.3 is 0 Å². The van der Waals surface area contributed by atoms with Gasteiger partial charge in [-0.25, -0.2) is 9.18 Å². The predicted octanol–water partition coefficient (Wildman–Crippen LogP) is 2.53. The second-order valence-electron chi connectivity index (χ2n) is 2.85. The highest BCUT2D eigenvalue weighted by molar-refractivity contribution is 5.37. The number of aliphatic imine (C=N–C) groups is 1. The second kappa shape index (κ2) is 3.97. The number of nitrogens with zero attached hydrogens (tertiary/aromatic N) is 1. The lowest BCUT2D eigenvalue weighted by Crippen LogP contribution is -1.95. The zero-order valence-electron chi connectivity index (χ0n) is 7.54. The van der Waals surface area contributed by atoms with Crippen molar-refractivity contribution >= 4 is 6.08 Å². The van der Waals surface area contributed by atoms with Gasteiger partial charge in [-0.05, 0) is 31.0 Å². The molecule has 13 heavy (non-hydrogen) atoms. The van der Waals surface area contributed by atoms with Crippen LogP contribution in [0.2, 0.25) is 0 Å². The molecule has 0 heterocycles. The van der Waals surface area contributed by atoms with Crippen LogP contribution in [-0.2, 0) is 4.79 Å². The largest absolute Gasteiger partial charge is 0.235 e. The number of benzene rings is 1. The Morgan fingerprint density at radius 3 is 2.85 bits per heavy atom. The van der Waals surface area contributed by atoms with Crippen LogP contribution in [0.15, 0.2) is 23.2 Å². The van der Waals surface area contributed by atoms with Crippen LogP contribution < -0.4 is 0 Å². The van der Waals surface area contributed by atoms with E-state index in [1.165, 1.54) is 12.1 Å². The third-order valence-corrected chi connectivity index (χ3v) is 2.01. The molecule has 1 atom stereocenters. The first-order valence-corrected chi connectivity index (χ1v) is 3.98. The van der Waals surface area contributed by atoms with Crippen molar-refractivity contribution in [2.24, 2.45) is 4.99 Å². The van der Waals surface area contributed by atoms with Crippen molar-refractivity contribution in [2.75, 3.05) is 0 Å². The Hall–Kier alpha value is -1.47. The van der Waals surface area contributed by atoms with Gasteiger partial charge in [-0.15, -0.1) is 0 Å². The normalized spacial score (nSPS) is 11.9. The Kier molecular flexibility index (Phi) is 2.93. The third-order valence-electron chi connectivity index (χ3n) is 2.01. The molecule has 0 aliphatic rings. The van der Waals surface area contributed by atoms with Crippen molar-refractivity contribution in [3.63, 3.8) is 0 Å². The van der Waals surface area contributed by atoms with Crippen LogP contribution >= 0.6 is 0 Å². The van der Waals surface area contributed by atoms with Crippen molar-refractivity contribution in [2.45, 2.75) is 19.9 Å². The maximum Gasteiger partial charge on any atom is 0.235 e. The van der Waals surface area contributed by atoms with Crippen LogP contribution in [-0.4, -0.2) is 6.08 Å². The van der Waals surface area contributed by atoms with Gasteiger partial charge in [-0.1, -0.05) is 12.1 Å². The lowest BCUT2D eigenvalue weighted by molar-refractivity contribution is 0.558. The summed E-state index contributed by atoms with van der Waals surface area (Å²) in [5.74, 6) is -0.273. The fraction of sp³-hybridized carbons (Fsp3) is 0.300. The zero-order valence-corrected chi connectivity index (χ0v) is 7.54. The van der Waals surface area contributed by atoms with E-state index in [4.69, 9.17) is 0 Å². The highest BCUT2D eigenvalue weighted by atomic mass is 19.1. The molecule has 1 aromatic rings. The zero-order chi connectivity index (χ0) is 9.84. The molecule has 2 nitrogen and oxygen atoms in total. The number of halogens is 1. The molecule has 0 aliphatic carbocycles. The van der Waals surface area contributed by atoms with Crippen molar-refractivity contribution in [1.29, 1.82) is 0 Å². The molecular weight excluding hydrogens is 169 g/mol. The van der Waals surface area contributed by atoms with E-state index in [1.54, 1.807) is 26.0 Å². The molecule has 0 saturated carbocycles. The number of hydrogen-bond donors (Lipinski definition) is 0. The summed E-state index contributed by atoms with van der Waals surface area (Å²) in [5, 5.41) is 0. The Morgan fingerprint density at radius 1 is 1.54 bits per heavy atom. The van der Waals surface area contributed by atoms with E-state index in [-0.39, 0.29) is 11.9 Å². The summed E-state index contributed by atoms with van der Waals surface area (Å²) >= 11 is 0. The van der Waals surface area contributed by atoms with Crippen LogP contribution in [0.1, 0.15) is 24.1 Å². The van der Waals surface area contributed by atoms with Gasteiger partial charge in [0.2, 0.25) is 6.08 Å². The van der Waals surface area contributed by atoms with Gasteiger partial charge in [0, 0.05) is 0 Å². The minimum atomic E-state index is -0.326. The third kappa shape index (κ3) is 2.01. The highest BCUT2D eigenvalue weighted by Crippen LogP contribution is 2.21. The molecule has 3 heteroatoms. The number of carbonyl (C=O) groups excluding carboxylic acids is 1. The maximum absolute atomic E-state index is 13.0. The number of rotatable bonds is 2. The minimum absolute atomic E-state index is 0.273. The first-order chi connectivity index (χ1) is 6.16. The first kappa shape index (κ1) is 9.62. The van der Waals surface area contributed by atoms with Crippen LogP contribution in [0.3, 0.4) is 0 Å². The van der Waals surface area contributed by atoms with Crippen molar-refractivity contribution < 1.29 is 9.18 Å². The molecule has 0 aromatic heterocycles. The molecule has 1 rings (SSSR count). The molecule has 0 fully saturated rings. The summed E-state index contributed by atoms with van der Waals surface area (Å²) in [5.41, 5.74) is 1.26. The van der Waals surface area contributed by atoms with Gasteiger partial charge in [0.1, 0.15) is 5.82 Å². The standard InChI is InChI=1S/C10H10FNO/c1-7-9(8(2)12-6-13)4-3-5-10(7)11/h3-5,8H,1-2H3. The van der Waals surface area contributed by atoms with E-state index in [1.807, 2.05) is 0 Å². The van der Waals surface area contributed by atoms with Crippen molar-refractivity contribution in [3.8, 4) is 0 Å². The maximum atomic E-state index is 13.0. The van der Waals surface area contributed by atoms with E-state index in [2.05, 4.69) is 4.99 Å². The molecule has 1 unspecified atom stereocenters. The summed E-state index contributed by atoms with van der Waals surface area (Å²) in [7, 11) is 0. The minimum Gasteiger partial charge on any atom is -0.211 e. The summed E-state index contributed by atoms with van der Waals surface area (Å²) in [4.78, 5) is 13.5. The van der Waals surface area contributed by atoms with Crippen molar-refractivity contribution in [1.82, 2.24) is 0 Å². The Morgan fingerprint density at radius 2 is 2.23 bits per heavy atom. The average Bonchev–Trinajstić information content (AvgIpc) is 2.10. The highest BCUT2D eigenvalue weighted by Gasteiger charge is 2.09. The second-order valence-corrected chi connectivity index (χ2v) is 2.85. The van der Waals surface area contributed by atoms with Gasteiger partial charge < -0.3 is 0 Å². The van der Waals surface area contributed by atoms with Crippen LogP contribution in [0.5, 0.6) is 0 Å². The molecule has 68 valence electrons. The molecule has 0 bridgehead atoms. The fourth-order valence-corrected chi connectivity index (χ4v) is 1.23. The average molecular weight is 179 g/mol. The molecule has 0 saturated heterocycles. The monoisotopic (exact) mass is 179 g/mol. The number of isocyanates is 1. The van der Waals surface area contributed by atoms with Gasteiger partial charge in [0.05, 0.1) is 6.04 Å². The summed E-state index contributed by atoms with van der Waals surface area (Å²) in [6.45, 7) is 3.40. The van der Waals surface area contributed by atoms with Gasteiger partial charge in [0.15, 0.2) is 0 Å². The quantitative estimate of drug-likeness (QED) is 0.506. The Labute approximate surface area is 76.1 Å². The summed E-state index contributed by atoms with van der Waals surface area (Å²) < 4.78 is 13.0. The lowest BCUT2D eigenvalue weighted by atomic mass is 10.0. The SMILES string of the molecule is Cc1c(F)cccc1C(C)N=C=O. The lowest BCUT2D eigenvalue weighted by Gasteiger charge is -2.08. The molecule has 0 aliphatic heterocycles. The molecule has 0 N–H and O–H groups in total. The fourth-order valence-electron chi connectivity index (χ4n) is 1.23. The Bertz CT molecular complexity index is 356. The first-order valence-electron chi connectivity index (χ1n) is 3.98. The van der Waals surface area contributed by atoms with Gasteiger partial charge in [0.25, 0.3) is 0 Å². The summed E-state index contributed by atoms with van der Waals surface area (Å²) in [6, 6.07) is 4.42. The van der Waals surface area contributed by atoms with Crippen molar-refractivity contribution in [3.05, 3.63) is 35.1 Å². The Balaban J connectivity index is 3.14. The van der Waals surface area contributed by atoms with E-state index < -0.39 is 0 Å². The van der Waals surface area contributed by atoms with E-state index in [0.29, 0.717) is 5.56 Å². The molecule has 0 radical (unpaired) electrons. The summed E-state index contributed by atoms with van der Waals surface area (Å²) in [6.07, 6.45) is 1.47. The number of hydrogen-bond acceptors (Lipinski definition) is 2. The molecule has 0 spiro atoms. The van der Waals surface area contributed by atoms with Crippen LogP contribution in [0, 0.1) is 12.7 Å².